The first kappa shape index (κ1) is 18.3. The Kier molecular flexibility index (Phi) is 5.52. The van der Waals surface area contributed by atoms with Gasteiger partial charge in [-0.15, -0.1) is 11.3 Å². The number of fused-ring (bicyclic) bond motifs is 1. The number of hydrogen-bond acceptors (Lipinski definition) is 4. The van der Waals surface area contributed by atoms with Gasteiger partial charge in [-0.2, -0.15) is 0 Å². The second kappa shape index (κ2) is 7.83. The summed E-state index contributed by atoms with van der Waals surface area (Å²) in [6.45, 7) is 6.06. The average Bonchev–Trinajstić information content (AvgIpc) is 2.99. The van der Waals surface area contributed by atoms with Crippen molar-refractivity contribution >= 4 is 27.5 Å². The Morgan fingerprint density at radius 1 is 1.23 bits per heavy atom. The molecule has 0 radical (unpaired) electrons. The molecule has 0 unspecified atom stereocenters. The summed E-state index contributed by atoms with van der Waals surface area (Å²) < 4.78 is 1.40. The normalized spacial score (nSPS) is 11.2. The first-order valence-electron chi connectivity index (χ1n) is 8.88. The number of aromatic nitrogens is 2. The molecule has 0 spiro atoms. The number of benzene rings is 1. The van der Waals surface area contributed by atoms with Crippen molar-refractivity contribution in [1.29, 1.82) is 0 Å². The number of hydrogen-bond donors (Lipinski definition) is 1. The first-order chi connectivity index (χ1) is 12.5. The van der Waals surface area contributed by atoms with E-state index in [9.17, 15) is 9.59 Å². The molecule has 0 aliphatic carbocycles. The first-order valence-corrected chi connectivity index (χ1v) is 9.70. The smallest absolute Gasteiger partial charge is 0.263 e. The van der Waals surface area contributed by atoms with Gasteiger partial charge in [0.2, 0.25) is 5.91 Å². The molecule has 1 N–H and O–H groups in total. The van der Waals surface area contributed by atoms with Gasteiger partial charge in [-0.05, 0) is 25.3 Å². The minimum Gasteiger partial charge on any atom is -0.352 e. The highest BCUT2D eigenvalue weighted by Crippen LogP contribution is 2.35. The van der Waals surface area contributed by atoms with Crippen molar-refractivity contribution in [3.63, 3.8) is 0 Å². The van der Waals surface area contributed by atoms with E-state index in [2.05, 4.69) is 10.3 Å². The van der Waals surface area contributed by atoms with Crippen LogP contribution >= 0.6 is 11.3 Å². The van der Waals surface area contributed by atoms with Crippen LogP contribution in [0.1, 0.15) is 31.6 Å². The van der Waals surface area contributed by atoms with E-state index in [1.807, 2.05) is 51.1 Å². The predicted molar refractivity (Wildman–Crippen MR) is 107 cm³/mol. The van der Waals surface area contributed by atoms with Gasteiger partial charge in [0.1, 0.15) is 11.4 Å². The quantitative estimate of drug-likeness (QED) is 0.720. The van der Waals surface area contributed by atoms with E-state index in [0.29, 0.717) is 10.2 Å². The van der Waals surface area contributed by atoms with Crippen molar-refractivity contribution in [2.75, 3.05) is 0 Å². The minimum atomic E-state index is -0.169. The molecular formula is C20H23N3O2S. The maximum absolute atomic E-state index is 13.0. The Morgan fingerprint density at radius 3 is 2.58 bits per heavy atom. The summed E-state index contributed by atoms with van der Waals surface area (Å²) in [4.78, 5) is 31.5. The van der Waals surface area contributed by atoms with Crippen LogP contribution in [0.15, 0.2) is 41.5 Å². The Morgan fingerprint density at radius 2 is 1.92 bits per heavy atom. The van der Waals surface area contributed by atoms with Gasteiger partial charge in [0.15, 0.2) is 0 Å². The van der Waals surface area contributed by atoms with E-state index < -0.39 is 0 Å². The van der Waals surface area contributed by atoms with Crippen LogP contribution in [0.3, 0.4) is 0 Å². The Labute approximate surface area is 156 Å². The monoisotopic (exact) mass is 369 g/mol. The van der Waals surface area contributed by atoms with Gasteiger partial charge in [0, 0.05) is 16.5 Å². The molecule has 0 fully saturated rings. The molecule has 3 aromatic rings. The van der Waals surface area contributed by atoms with Gasteiger partial charge in [0.05, 0.1) is 11.7 Å². The fourth-order valence-electron chi connectivity index (χ4n) is 3.12. The molecule has 2 heterocycles. The van der Waals surface area contributed by atoms with Gasteiger partial charge >= 0.3 is 0 Å². The summed E-state index contributed by atoms with van der Waals surface area (Å²) in [5.74, 6) is -0.157. The van der Waals surface area contributed by atoms with Crippen molar-refractivity contribution < 1.29 is 4.79 Å². The number of nitrogens with one attached hydrogen (secondary N) is 1. The van der Waals surface area contributed by atoms with Crippen molar-refractivity contribution in [2.24, 2.45) is 0 Å². The standard InChI is InChI=1S/C20H23N3O2S/c1-4-15(5-2)22-16(24)11-23-12-21-19-18(20(23)25)17(13(3)26-19)14-9-7-6-8-10-14/h6-10,12,15H,4-5,11H2,1-3H3,(H,22,24). The zero-order valence-electron chi connectivity index (χ0n) is 15.3. The Balaban J connectivity index is 2.01. The highest BCUT2D eigenvalue weighted by atomic mass is 32.1. The van der Waals surface area contributed by atoms with E-state index in [0.717, 1.165) is 28.8 Å². The van der Waals surface area contributed by atoms with Crippen molar-refractivity contribution in [3.8, 4) is 11.1 Å². The number of thiophene rings is 1. The molecule has 1 amide bonds. The lowest BCUT2D eigenvalue weighted by atomic mass is 10.0. The molecule has 0 saturated carbocycles. The molecule has 0 saturated heterocycles. The lowest BCUT2D eigenvalue weighted by molar-refractivity contribution is -0.122. The molecule has 26 heavy (non-hydrogen) atoms. The molecule has 136 valence electrons. The van der Waals surface area contributed by atoms with Gasteiger partial charge < -0.3 is 5.32 Å². The Hall–Kier alpha value is -2.47. The molecule has 3 rings (SSSR count). The molecule has 0 atom stereocenters. The summed E-state index contributed by atoms with van der Waals surface area (Å²) in [7, 11) is 0. The van der Waals surface area contributed by atoms with E-state index in [-0.39, 0.29) is 24.1 Å². The summed E-state index contributed by atoms with van der Waals surface area (Å²) in [5.41, 5.74) is 1.74. The number of aryl methyl sites for hydroxylation is 1. The number of nitrogens with zero attached hydrogens (tertiary/aromatic N) is 2. The number of rotatable bonds is 6. The maximum atomic E-state index is 13.0. The molecule has 0 aliphatic rings. The van der Waals surface area contributed by atoms with Crippen LogP contribution in [-0.4, -0.2) is 21.5 Å². The second-order valence-corrected chi connectivity index (χ2v) is 7.54. The summed E-state index contributed by atoms with van der Waals surface area (Å²) in [6.07, 6.45) is 3.22. The van der Waals surface area contributed by atoms with Crippen LogP contribution in [0.5, 0.6) is 0 Å². The predicted octanol–water partition coefficient (Wildman–Crippen LogP) is 3.74. The van der Waals surface area contributed by atoms with Gasteiger partial charge in [-0.1, -0.05) is 44.2 Å². The fourth-order valence-corrected chi connectivity index (χ4v) is 4.13. The minimum absolute atomic E-state index is 0.0125. The van der Waals surface area contributed by atoms with E-state index >= 15 is 0 Å². The SMILES string of the molecule is CCC(CC)NC(=O)Cn1cnc2sc(C)c(-c3ccccc3)c2c1=O. The molecule has 0 bridgehead atoms. The second-order valence-electron chi connectivity index (χ2n) is 6.34. The molecular weight excluding hydrogens is 346 g/mol. The van der Waals surface area contributed by atoms with Crippen LogP contribution in [0, 0.1) is 6.92 Å². The van der Waals surface area contributed by atoms with Crippen molar-refractivity contribution in [2.45, 2.75) is 46.2 Å². The third-order valence-corrected chi connectivity index (χ3v) is 5.60. The van der Waals surface area contributed by atoms with E-state index in [4.69, 9.17) is 0 Å². The zero-order chi connectivity index (χ0) is 18.7. The largest absolute Gasteiger partial charge is 0.352 e. The van der Waals surface area contributed by atoms with Gasteiger partial charge in [0.25, 0.3) is 5.56 Å². The maximum Gasteiger partial charge on any atom is 0.263 e. The van der Waals surface area contributed by atoms with Crippen LogP contribution in [0.2, 0.25) is 0 Å². The van der Waals surface area contributed by atoms with Gasteiger partial charge in [-0.25, -0.2) is 4.98 Å². The third kappa shape index (κ3) is 3.55. The average molecular weight is 369 g/mol. The van der Waals surface area contributed by atoms with Crippen LogP contribution < -0.4 is 10.9 Å². The molecule has 1 aromatic carbocycles. The van der Waals surface area contributed by atoms with E-state index in [1.54, 1.807) is 0 Å². The van der Waals surface area contributed by atoms with Crippen LogP contribution in [-0.2, 0) is 11.3 Å². The van der Waals surface area contributed by atoms with Crippen LogP contribution in [0.25, 0.3) is 21.3 Å². The Bertz CT molecular complexity index is 972. The summed E-state index contributed by atoms with van der Waals surface area (Å²) in [5, 5.41) is 3.56. The number of carbonyl (C=O) groups is 1. The van der Waals surface area contributed by atoms with Crippen LogP contribution in [0.4, 0.5) is 0 Å². The fraction of sp³-hybridized carbons (Fsp3) is 0.350. The molecule has 2 aromatic heterocycles. The molecule has 0 aliphatic heterocycles. The lowest BCUT2D eigenvalue weighted by Gasteiger charge is -2.15. The molecule has 5 nitrogen and oxygen atoms in total. The van der Waals surface area contributed by atoms with Crippen molar-refractivity contribution in [3.05, 3.63) is 51.9 Å². The number of carbonyl (C=O) groups excluding carboxylic acids is 1. The highest BCUT2D eigenvalue weighted by molar-refractivity contribution is 7.19. The number of amides is 1. The van der Waals surface area contributed by atoms with Crippen molar-refractivity contribution in [1.82, 2.24) is 14.9 Å². The summed E-state index contributed by atoms with van der Waals surface area (Å²) in [6, 6.07) is 9.98. The van der Waals surface area contributed by atoms with Gasteiger partial charge in [-0.3, -0.25) is 14.2 Å². The topological polar surface area (TPSA) is 64.0 Å². The lowest BCUT2D eigenvalue weighted by Crippen LogP contribution is -2.38. The summed E-state index contributed by atoms with van der Waals surface area (Å²) >= 11 is 1.51. The molecule has 6 heteroatoms. The third-order valence-electron chi connectivity index (χ3n) is 4.58. The highest BCUT2D eigenvalue weighted by Gasteiger charge is 2.18. The van der Waals surface area contributed by atoms with E-state index in [1.165, 1.54) is 22.2 Å². The zero-order valence-corrected chi connectivity index (χ0v) is 16.1.